The van der Waals surface area contributed by atoms with E-state index < -0.39 is 6.10 Å². The third-order valence-corrected chi connectivity index (χ3v) is 7.25. The number of methoxy groups -OCH3 is 1. The summed E-state index contributed by atoms with van der Waals surface area (Å²) in [5.74, 6) is -0.0740. The summed E-state index contributed by atoms with van der Waals surface area (Å²) < 4.78 is 16.9. The van der Waals surface area contributed by atoms with Crippen LogP contribution in [0.25, 0.3) is 0 Å². The van der Waals surface area contributed by atoms with Crippen molar-refractivity contribution in [2.24, 2.45) is 0 Å². The average molecular weight is 612 g/mol. The lowest BCUT2D eigenvalue weighted by molar-refractivity contribution is -0.150. The lowest BCUT2D eigenvalue weighted by Gasteiger charge is -2.35. The Hall–Kier alpha value is -1.87. The lowest BCUT2D eigenvalue weighted by atomic mass is 10.1. The summed E-state index contributed by atoms with van der Waals surface area (Å²) in [5, 5.41) is 5.67. The third-order valence-electron chi connectivity index (χ3n) is 6.38. The summed E-state index contributed by atoms with van der Waals surface area (Å²) in [7, 11) is 1.55. The van der Waals surface area contributed by atoms with Crippen LogP contribution in [-0.2, 0) is 19.0 Å². The van der Waals surface area contributed by atoms with Crippen LogP contribution in [0.5, 0.6) is 0 Å². The van der Waals surface area contributed by atoms with Crippen LogP contribution in [0.2, 0.25) is 20.1 Å². The van der Waals surface area contributed by atoms with Crippen molar-refractivity contribution >= 4 is 52.3 Å². The molecule has 39 heavy (non-hydrogen) atoms. The first-order valence-corrected chi connectivity index (χ1v) is 14.1. The van der Waals surface area contributed by atoms with Crippen molar-refractivity contribution in [1.29, 1.82) is 0 Å². The molecule has 2 aliphatic rings. The number of hydrogen-bond acceptors (Lipinski definition) is 5. The minimum Gasteiger partial charge on any atom is -0.371 e. The highest BCUT2D eigenvalue weighted by atomic mass is 35.5. The van der Waals surface area contributed by atoms with Crippen molar-refractivity contribution in [3.05, 3.63) is 104 Å². The second-order valence-corrected chi connectivity index (χ2v) is 10.9. The third kappa shape index (κ3) is 8.56. The molecule has 2 fully saturated rings. The van der Waals surface area contributed by atoms with E-state index in [1.54, 1.807) is 24.1 Å². The molecule has 0 radical (unpaired) electrons. The molecule has 0 bridgehead atoms. The molecule has 3 aromatic carbocycles. The first kappa shape index (κ1) is 30.1. The van der Waals surface area contributed by atoms with Crippen molar-refractivity contribution in [3.63, 3.8) is 0 Å². The van der Waals surface area contributed by atoms with E-state index in [4.69, 9.17) is 60.6 Å². The molecule has 3 aromatic rings. The molecule has 5 rings (SSSR count). The molecule has 2 saturated heterocycles. The van der Waals surface area contributed by atoms with Gasteiger partial charge < -0.3 is 24.4 Å². The van der Waals surface area contributed by atoms with Crippen molar-refractivity contribution in [1.82, 2.24) is 10.2 Å². The van der Waals surface area contributed by atoms with Gasteiger partial charge in [-0.15, -0.1) is 0 Å². The molecular weight excluding hydrogens is 582 g/mol. The number of carbonyl (C=O) groups is 1. The minimum absolute atomic E-state index is 0.0694. The summed E-state index contributed by atoms with van der Waals surface area (Å²) in [6, 6.07) is 20.3. The predicted octanol–water partition coefficient (Wildman–Crippen LogP) is 6.94. The molecule has 6 nitrogen and oxygen atoms in total. The number of benzene rings is 3. The van der Waals surface area contributed by atoms with Gasteiger partial charge in [0.1, 0.15) is 6.10 Å². The zero-order chi connectivity index (χ0) is 27.8. The average Bonchev–Trinajstić information content (AvgIpc) is 2.94. The molecule has 0 aromatic heterocycles. The van der Waals surface area contributed by atoms with Gasteiger partial charge in [0.25, 0.3) is 5.91 Å². The van der Waals surface area contributed by atoms with Gasteiger partial charge in [-0.2, -0.15) is 0 Å². The number of halogens is 4. The van der Waals surface area contributed by atoms with Gasteiger partial charge in [0.15, 0.2) is 6.10 Å². The molecular formula is C29H30Cl4N2O4. The highest BCUT2D eigenvalue weighted by Crippen LogP contribution is 2.30. The summed E-state index contributed by atoms with van der Waals surface area (Å²) >= 11 is 24.0. The van der Waals surface area contributed by atoms with E-state index in [0.717, 1.165) is 36.4 Å². The van der Waals surface area contributed by atoms with E-state index in [1.807, 2.05) is 54.6 Å². The zero-order valence-electron chi connectivity index (χ0n) is 21.4. The molecule has 1 N–H and O–H groups in total. The second-order valence-electron chi connectivity index (χ2n) is 9.14. The van der Waals surface area contributed by atoms with Crippen LogP contribution < -0.4 is 5.32 Å². The van der Waals surface area contributed by atoms with Gasteiger partial charge in [-0.3, -0.25) is 4.79 Å². The van der Waals surface area contributed by atoms with Gasteiger partial charge in [-0.25, -0.2) is 0 Å². The highest BCUT2D eigenvalue weighted by molar-refractivity contribution is 6.35. The predicted molar refractivity (Wildman–Crippen MR) is 156 cm³/mol. The standard InChI is InChI=1S/C19H19Cl2NO3.C10H11Cl2NO/c1-24-18(13-5-3-2-4-6-13)19(23)22-7-8-25-17(12-22)14-9-15(20)11-16(21)10-14;11-8-3-7(4-9(12)5-8)10-6-13-1-2-14-10/h2-6,9-11,17-18H,7-8,12H2,1H3;3-5,10,13H,1-2,6H2/t17-,18-;10-/m11/s1. The van der Waals surface area contributed by atoms with E-state index in [0.29, 0.717) is 39.8 Å². The SMILES string of the molecule is CO[C@@H](C(=O)N1CCO[C@@H](c2cc(Cl)cc(Cl)c2)C1)c1ccccc1.Clc1cc(Cl)cc([C@H]2CNCCO2)c1. The Kier molecular flexibility index (Phi) is 11.3. The number of hydrogen-bond donors (Lipinski definition) is 1. The number of morpholine rings is 2. The molecule has 10 heteroatoms. The highest BCUT2D eigenvalue weighted by Gasteiger charge is 2.31. The normalized spacial score (nSPS) is 20.1. The fourth-order valence-electron chi connectivity index (χ4n) is 4.53. The maximum Gasteiger partial charge on any atom is 0.256 e. The fraction of sp³-hybridized carbons (Fsp3) is 0.345. The summed E-state index contributed by atoms with van der Waals surface area (Å²) in [4.78, 5) is 14.7. The smallest absolute Gasteiger partial charge is 0.256 e. The number of carbonyl (C=O) groups excluding carboxylic acids is 1. The van der Waals surface area contributed by atoms with Gasteiger partial charge in [-0.05, 0) is 53.1 Å². The van der Waals surface area contributed by atoms with Crippen LogP contribution >= 0.6 is 46.4 Å². The van der Waals surface area contributed by atoms with Gasteiger partial charge in [-0.1, -0.05) is 76.7 Å². The minimum atomic E-state index is -0.622. The van der Waals surface area contributed by atoms with Crippen molar-refractivity contribution in [2.45, 2.75) is 18.3 Å². The monoisotopic (exact) mass is 610 g/mol. The Morgan fingerprint density at radius 2 is 1.44 bits per heavy atom. The largest absolute Gasteiger partial charge is 0.371 e. The van der Waals surface area contributed by atoms with E-state index in [-0.39, 0.29) is 18.1 Å². The first-order valence-electron chi connectivity index (χ1n) is 12.6. The number of rotatable bonds is 5. The number of amides is 1. The van der Waals surface area contributed by atoms with E-state index in [1.165, 1.54) is 0 Å². The Balaban J connectivity index is 0.000000212. The van der Waals surface area contributed by atoms with Gasteiger partial charge in [0.05, 0.1) is 25.9 Å². The Labute approximate surface area is 249 Å². The Bertz CT molecular complexity index is 1200. The topological polar surface area (TPSA) is 60.0 Å². The van der Waals surface area contributed by atoms with Crippen molar-refractivity contribution in [3.8, 4) is 0 Å². The maximum atomic E-state index is 12.9. The van der Waals surface area contributed by atoms with Crippen molar-refractivity contribution < 1.29 is 19.0 Å². The van der Waals surface area contributed by atoms with Gasteiger partial charge in [0.2, 0.25) is 0 Å². The van der Waals surface area contributed by atoms with Crippen LogP contribution in [0.15, 0.2) is 66.7 Å². The van der Waals surface area contributed by atoms with E-state index in [9.17, 15) is 4.79 Å². The molecule has 0 aliphatic carbocycles. The Morgan fingerprint density at radius 3 is 1.97 bits per heavy atom. The quantitative estimate of drug-likeness (QED) is 0.339. The van der Waals surface area contributed by atoms with E-state index >= 15 is 0 Å². The van der Waals surface area contributed by atoms with Crippen LogP contribution in [0.3, 0.4) is 0 Å². The molecule has 0 unspecified atom stereocenters. The van der Waals surface area contributed by atoms with Gasteiger partial charge >= 0.3 is 0 Å². The molecule has 0 saturated carbocycles. The molecule has 3 atom stereocenters. The molecule has 1 amide bonds. The number of nitrogens with one attached hydrogen (secondary N) is 1. The van der Waals surface area contributed by atoms with Crippen molar-refractivity contribution in [2.75, 3.05) is 46.5 Å². The molecule has 0 spiro atoms. The van der Waals surface area contributed by atoms with Crippen LogP contribution in [-0.4, -0.2) is 57.3 Å². The first-order chi connectivity index (χ1) is 18.8. The van der Waals surface area contributed by atoms with Gasteiger partial charge in [0, 0.05) is 46.8 Å². The molecule has 208 valence electrons. The van der Waals surface area contributed by atoms with Crippen LogP contribution in [0.1, 0.15) is 35.0 Å². The Morgan fingerprint density at radius 1 is 0.872 bits per heavy atom. The number of nitrogens with zero attached hydrogens (tertiary/aromatic N) is 1. The molecule has 2 aliphatic heterocycles. The van der Waals surface area contributed by atoms with E-state index in [2.05, 4.69) is 5.32 Å². The summed E-state index contributed by atoms with van der Waals surface area (Å²) in [5.41, 5.74) is 2.74. The fourth-order valence-corrected chi connectivity index (χ4v) is 5.61. The molecule has 2 heterocycles. The summed E-state index contributed by atoms with van der Waals surface area (Å²) in [6.07, 6.45) is -0.815. The maximum absolute atomic E-state index is 12.9. The lowest BCUT2D eigenvalue weighted by Crippen LogP contribution is -2.44. The second kappa shape index (κ2) is 14.7. The number of ether oxygens (including phenoxy) is 3. The zero-order valence-corrected chi connectivity index (χ0v) is 24.4. The summed E-state index contributed by atoms with van der Waals surface area (Å²) in [6.45, 7) is 3.86. The van der Waals surface area contributed by atoms with Crippen LogP contribution in [0, 0.1) is 0 Å². The van der Waals surface area contributed by atoms with Crippen LogP contribution in [0.4, 0.5) is 0 Å².